The van der Waals surface area contributed by atoms with Crippen LogP contribution >= 0.6 is 15.9 Å². The zero-order valence-corrected chi connectivity index (χ0v) is 14.5. The van der Waals surface area contributed by atoms with E-state index in [1.165, 1.54) is 0 Å². The molecule has 1 aliphatic heterocycles. The Balaban J connectivity index is 1.74. The molecular formula is C18H12BrN3O3. The molecule has 0 saturated carbocycles. The van der Waals surface area contributed by atoms with Crippen molar-refractivity contribution in [3.8, 4) is 11.8 Å². The molecule has 1 heterocycles. The van der Waals surface area contributed by atoms with Crippen LogP contribution in [0, 0.1) is 11.3 Å². The highest BCUT2D eigenvalue weighted by molar-refractivity contribution is 9.10. The van der Waals surface area contributed by atoms with E-state index < -0.39 is 11.9 Å². The number of hydrogen-bond donors (Lipinski definition) is 2. The van der Waals surface area contributed by atoms with Gasteiger partial charge in [-0.05, 0) is 45.8 Å². The zero-order chi connectivity index (χ0) is 17.8. The second kappa shape index (κ2) is 7.20. The van der Waals surface area contributed by atoms with Gasteiger partial charge in [-0.1, -0.05) is 24.3 Å². The van der Waals surface area contributed by atoms with Crippen molar-refractivity contribution in [2.75, 3.05) is 0 Å². The molecule has 0 aromatic heterocycles. The lowest BCUT2D eigenvalue weighted by molar-refractivity contribution is -0.115. The van der Waals surface area contributed by atoms with Gasteiger partial charge in [-0.3, -0.25) is 10.1 Å². The molecule has 25 heavy (non-hydrogen) atoms. The fourth-order valence-electron chi connectivity index (χ4n) is 2.28. The van der Waals surface area contributed by atoms with Crippen molar-refractivity contribution in [2.45, 2.75) is 6.61 Å². The standard InChI is InChI=1S/C18H12BrN3O3/c19-14-7-11(8-15-17(23)22-18(24)21-15)5-6-16(14)25-10-13-4-2-1-3-12(13)9-20/h1-8H,10H2,(H2,21,22,23,24)/b15-8+. The van der Waals surface area contributed by atoms with Gasteiger partial charge in [0.1, 0.15) is 18.1 Å². The number of nitrogens with one attached hydrogen (secondary N) is 2. The Morgan fingerprint density at radius 1 is 1.16 bits per heavy atom. The van der Waals surface area contributed by atoms with E-state index >= 15 is 0 Å². The summed E-state index contributed by atoms with van der Waals surface area (Å²) in [4.78, 5) is 22.6. The molecule has 2 aromatic carbocycles. The summed E-state index contributed by atoms with van der Waals surface area (Å²) >= 11 is 3.43. The Morgan fingerprint density at radius 2 is 1.96 bits per heavy atom. The van der Waals surface area contributed by atoms with Crippen molar-refractivity contribution in [1.82, 2.24) is 10.6 Å². The summed E-state index contributed by atoms with van der Waals surface area (Å²) in [5.74, 6) is 0.143. The van der Waals surface area contributed by atoms with Gasteiger partial charge >= 0.3 is 6.03 Å². The maximum Gasteiger partial charge on any atom is 0.326 e. The van der Waals surface area contributed by atoms with E-state index in [2.05, 4.69) is 32.6 Å². The third kappa shape index (κ3) is 3.87. The van der Waals surface area contributed by atoms with Gasteiger partial charge < -0.3 is 10.1 Å². The molecule has 1 fully saturated rings. The van der Waals surface area contributed by atoms with Crippen molar-refractivity contribution in [3.63, 3.8) is 0 Å². The van der Waals surface area contributed by atoms with Gasteiger partial charge in [-0.25, -0.2) is 4.79 Å². The molecule has 3 rings (SSSR count). The fourth-order valence-corrected chi connectivity index (χ4v) is 2.79. The number of hydrogen-bond acceptors (Lipinski definition) is 4. The van der Waals surface area contributed by atoms with Crippen LogP contribution in [0.3, 0.4) is 0 Å². The summed E-state index contributed by atoms with van der Waals surface area (Å²) in [6.07, 6.45) is 1.57. The lowest BCUT2D eigenvalue weighted by atomic mass is 10.1. The Hall–Kier alpha value is -3.11. The summed E-state index contributed by atoms with van der Waals surface area (Å²) in [7, 11) is 0. The van der Waals surface area contributed by atoms with Gasteiger partial charge in [0, 0.05) is 5.56 Å². The average Bonchev–Trinajstić information content (AvgIpc) is 2.91. The third-order valence-corrected chi connectivity index (χ3v) is 4.13. The Kier molecular flexibility index (Phi) is 4.82. The minimum Gasteiger partial charge on any atom is -0.488 e. The van der Waals surface area contributed by atoms with Crippen LogP contribution in [0.2, 0.25) is 0 Å². The lowest BCUT2D eigenvalue weighted by Crippen LogP contribution is -2.22. The highest BCUT2D eigenvalue weighted by atomic mass is 79.9. The highest BCUT2D eigenvalue weighted by Crippen LogP contribution is 2.28. The molecule has 0 radical (unpaired) electrons. The Labute approximate surface area is 152 Å². The van der Waals surface area contributed by atoms with Crippen molar-refractivity contribution in [1.29, 1.82) is 5.26 Å². The van der Waals surface area contributed by atoms with Crippen molar-refractivity contribution < 1.29 is 14.3 Å². The third-order valence-electron chi connectivity index (χ3n) is 3.51. The van der Waals surface area contributed by atoms with E-state index in [-0.39, 0.29) is 12.3 Å². The second-order valence-corrected chi connectivity index (χ2v) is 6.07. The normalized spacial score (nSPS) is 14.8. The first-order valence-corrected chi connectivity index (χ1v) is 8.10. The minimum atomic E-state index is -0.536. The molecule has 3 amide bonds. The first-order chi connectivity index (χ1) is 12.1. The number of amides is 3. The molecule has 0 bridgehead atoms. The molecule has 0 unspecified atom stereocenters. The van der Waals surface area contributed by atoms with Crippen LogP contribution < -0.4 is 15.4 Å². The van der Waals surface area contributed by atoms with Crippen LogP contribution in [0.5, 0.6) is 5.75 Å². The number of nitriles is 1. The number of rotatable bonds is 4. The molecule has 1 saturated heterocycles. The number of ether oxygens (including phenoxy) is 1. The van der Waals surface area contributed by atoms with Gasteiger partial charge in [0.05, 0.1) is 16.1 Å². The number of carbonyl (C=O) groups excluding carboxylic acids is 2. The second-order valence-electron chi connectivity index (χ2n) is 5.21. The van der Waals surface area contributed by atoms with Gasteiger partial charge in [0.25, 0.3) is 5.91 Å². The zero-order valence-electron chi connectivity index (χ0n) is 12.9. The van der Waals surface area contributed by atoms with E-state index in [1.54, 1.807) is 36.4 Å². The predicted octanol–water partition coefficient (Wildman–Crippen LogP) is 3.08. The van der Waals surface area contributed by atoms with Crippen molar-refractivity contribution >= 4 is 33.9 Å². The van der Waals surface area contributed by atoms with E-state index in [0.717, 1.165) is 11.1 Å². The molecule has 6 nitrogen and oxygen atoms in total. The van der Waals surface area contributed by atoms with Crippen molar-refractivity contribution in [2.24, 2.45) is 0 Å². The molecule has 124 valence electrons. The summed E-state index contributed by atoms with van der Waals surface area (Å²) in [5, 5.41) is 13.7. The molecule has 2 aromatic rings. The van der Waals surface area contributed by atoms with Gasteiger partial charge in [-0.15, -0.1) is 0 Å². The van der Waals surface area contributed by atoms with Gasteiger partial charge in [0.2, 0.25) is 0 Å². The molecule has 2 N–H and O–H groups in total. The first kappa shape index (κ1) is 16.7. The van der Waals surface area contributed by atoms with Gasteiger partial charge in [-0.2, -0.15) is 5.26 Å². The smallest absolute Gasteiger partial charge is 0.326 e. The van der Waals surface area contributed by atoms with Crippen LogP contribution in [0.4, 0.5) is 4.79 Å². The SMILES string of the molecule is N#Cc1ccccc1COc1ccc(/C=C2/NC(=O)NC2=O)cc1Br. The number of urea groups is 1. The summed E-state index contributed by atoms with van der Waals surface area (Å²) in [6.45, 7) is 0.265. The highest BCUT2D eigenvalue weighted by Gasteiger charge is 2.22. The molecule has 0 spiro atoms. The minimum absolute atomic E-state index is 0.188. The number of halogens is 1. The van der Waals surface area contributed by atoms with Crippen LogP contribution in [0.25, 0.3) is 6.08 Å². The van der Waals surface area contributed by atoms with Gasteiger partial charge in [0.15, 0.2) is 0 Å². The van der Waals surface area contributed by atoms with E-state index in [9.17, 15) is 9.59 Å². The van der Waals surface area contributed by atoms with Crippen molar-refractivity contribution in [3.05, 3.63) is 69.3 Å². The number of benzene rings is 2. The van der Waals surface area contributed by atoms with E-state index in [0.29, 0.717) is 15.8 Å². The number of nitrogens with zero attached hydrogens (tertiary/aromatic N) is 1. The quantitative estimate of drug-likeness (QED) is 0.612. The lowest BCUT2D eigenvalue weighted by Gasteiger charge is -2.10. The molecule has 0 aliphatic carbocycles. The summed E-state index contributed by atoms with van der Waals surface area (Å²) in [6, 6.07) is 14.1. The fraction of sp³-hybridized carbons (Fsp3) is 0.0556. The molecular weight excluding hydrogens is 386 g/mol. The van der Waals surface area contributed by atoms with Crippen LogP contribution in [-0.2, 0) is 11.4 Å². The summed E-state index contributed by atoms with van der Waals surface area (Å²) in [5.41, 5.74) is 2.29. The largest absolute Gasteiger partial charge is 0.488 e. The predicted molar refractivity (Wildman–Crippen MR) is 94.3 cm³/mol. The monoisotopic (exact) mass is 397 g/mol. The van der Waals surface area contributed by atoms with Crippen LogP contribution in [0.1, 0.15) is 16.7 Å². The van der Waals surface area contributed by atoms with Crippen LogP contribution in [-0.4, -0.2) is 11.9 Å². The maximum atomic E-state index is 11.5. The molecule has 7 heteroatoms. The number of imide groups is 1. The van der Waals surface area contributed by atoms with E-state index in [1.807, 2.05) is 12.1 Å². The van der Waals surface area contributed by atoms with Crippen LogP contribution in [0.15, 0.2) is 52.6 Å². The Bertz CT molecular complexity index is 931. The number of carbonyl (C=O) groups is 2. The molecule has 0 atom stereocenters. The average molecular weight is 398 g/mol. The Morgan fingerprint density at radius 3 is 2.64 bits per heavy atom. The molecule has 1 aliphatic rings. The first-order valence-electron chi connectivity index (χ1n) is 7.31. The topological polar surface area (TPSA) is 91.2 Å². The van der Waals surface area contributed by atoms with E-state index in [4.69, 9.17) is 10.00 Å². The summed E-state index contributed by atoms with van der Waals surface area (Å²) < 4.78 is 6.46. The maximum absolute atomic E-state index is 11.5.